The van der Waals surface area contributed by atoms with Crippen molar-refractivity contribution >= 4 is 11.9 Å². The third-order valence-electron chi connectivity index (χ3n) is 3.35. The molecule has 17 heavy (non-hydrogen) atoms. The van der Waals surface area contributed by atoms with Gasteiger partial charge in [-0.2, -0.15) is 0 Å². The Kier molecular flexibility index (Phi) is 6.01. The molecule has 4 nitrogen and oxygen atoms in total. The number of carboxylic acid groups (broad SMARTS) is 1. The highest BCUT2D eigenvalue weighted by Crippen LogP contribution is 2.19. The van der Waals surface area contributed by atoms with Gasteiger partial charge in [0.1, 0.15) is 6.04 Å². The number of rotatable bonds is 7. The summed E-state index contributed by atoms with van der Waals surface area (Å²) in [5, 5.41) is 8.98. The SMILES string of the molecule is CCCCCCCC(=O)N1CCC[C@H]1C(=O)O. The van der Waals surface area contributed by atoms with Crippen LogP contribution < -0.4 is 0 Å². The van der Waals surface area contributed by atoms with E-state index in [1.807, 2.05) is 0 Å². The van der Waals surface area contributed by atoms with Crippen molar-refractivity contribution < 1.29 is 14.7 Å². The highest BCUT2D eigenvalue weighted by molar-refractivity contribution is 5.84. The summed E-state index contributed by atoms with van der Waals surface area (Å²) in [6.45, 7) is 2.78. The van der Waals surface area contributed by atoms with Crippen LogP contribution in [0.4, 0.5) is 0 Å². The number of unbranched alkanes of at least 4 members (excludes halogenated alkanes) is 4. The highest BCUT2D eigenvalue weighted by atomic mass is 16.4. The quantitative estimate of drug-likeness (QED) is 0.696. The Balaban J connectivity index is 2.25. The Bertz CT molecular complexity index is 265. The first-order valence-corrected chi connectivity index (χ1v) is 6.69. The summed E-state index contributed by atoms with van der Waals surface area (Å²) in [7, 11) is 0. The molecule has 1 atom stereocenters. The van der Waals surface area contributed by atoms with Gasteiger partial charge in [0.05, 0.1) is 0 Å². The maximum atomic E-state index is 11.9. The van der Waals surface area contributed by atoms with Crippen LogP contribution in [0, 0.1) is 0 Å². The topological polar surface area (TPSA) is 57.6 Å². The molecule has 1 N–H and O–H groups in total. The van der Waals surface area contributed by atoms with E-state index in [9.17, 15) is 9.59 Å². The van der Waals surface area contributed by atoms with Gasteiger partial charge in [-0.15, -0.1) is 0 Å². The summed E-state index contributed by atoms with van der Waals surface area (Å²) in [6.07, 6.45) is 7.48. The van der Waals surface area contributed by atoms with Gasteiger partial charge in [0.25, 0.3) is 0 Å². The lowest BCUT2D eigenvalue weighted by atomic mass is 10.1. The first-order valence-electron chi connectivity index (χ1n) is 6.69. The van der Waals surface area contributed by atoms with Gasteiger partial charge in [-0.3, -0.25) is 4.79 Å². The zero-order chi connectivity index (χ0) is 12.7. The normalized spacial score (nSPS) is 19.6. The molecule has 0 aromatic carbocycles. The molecule has 0 aliphatic carbocycles. The summed E-state index contributed by atoms with van der Waals surface area (Å²) in [5.74, 6) is -0.840. The minimum atomic E-state index is -0.859. The van der Waals surface area contributed by atoms with E-state index in [1.165, 1.54) is 19.3 Å². The largest absolute Gasteiger partial charge is 0.480 e. The number of amides is 1. The summed E-state index contributed by atoms with van der Waals surface area (Å²) >= 11 is 0. The number of nitrogens with zero attached hydrogens (tertiary/aromatic N) is 1. The molecule has 1 rings (SSSR count). The predicted octanol–water partition coefficient (Wildman–Crippen LogP) is 2.42. The van der Waals surface area contributed by atoms with Gasteiger partial charge in [0.2, 0.25) is 5.91 Å². The lowest BCUT2D eigenvalue weighted by molar-refractivity contribution is -0.148. The van der Waals surface area contributed by atoms with Gasteiger partial charge in [0, 0.05) is 13.0 Å². The van der Waals surface area contributed by atoms with Gasteiger partial charge >= 0.3 is 5.97 Å². The Morgan fingerprint density at radius 1 is 1.24 bits per heavy atom. The van der Waals surface area contributed by atoms with Crippen molar-refractivity contribution in [1.29, 1.82) is 0 Å². The predicted molar refractivity (Wildman–Crippen MR) is 65.7 cm³/mol. The molecular formula is C13H23NO3. The average molecular weight is 241 g/mol. The number of carbonyl (C=O) groups excluding carboxylic acids is 1. The highest BCUT2D eigenvalue weighted by Gasteiger charge is 2.33. The van der Waals surface area contributed by atoms with Crippen LogP contribution in [0.5, 0.6) is 0 Å². The zero-order valence-electron chi connectivity index (χ0n) is 10.7. The summed E-state index contributed by atoms with van der Waals surface area (Å²) in [4.78, 5) is 24.3. The van der Waals surface area contributed by atoms with Crippen LogP contribution >= 0.6 is 0 Å². The molecule has 0 saturated carbocycles. The molecule has 0 radical (unpaired) electrons. The van der Waals surface area contributed by atoms with Crippen LogP contribution in [0.1, 0.15) is 58.3 Å². The third kappa shape index (κ3) is 4.36. The van der Waals surface area contributed by atoms with Crippen molar-refractivity contribution in [1.82, 2.24) is 4.90 Å². The van der Waals surface area contributed by atoms with Crippen LogP contribution in [-0.2, 0) is 9.59 Å². The van der Waals surface area contributed by atoms with Gasteiger partial charge in [-0.25, -0.2) is 4.79 Å². The summed E-state index contributed by atoms with van der Waals surface area (Å²) < 4.78 is 0. The van der Waals surface area contributed by atoms with E-state index in [-0.39, 0.29) is 5.91 Å². The molecular weight excluding hydrogens is 218 g/mol. The minimum Gasteiger partial charge on any atom is -0.480 e. The molecule has 0 bridgehead atoms. The third-order valence-corrected chi connectivity index (χ3v) is 3.35. The van der Waals surface area contributed by atoms with Gasteiger partial charge in [0.15, 0.2) is 0 Å². The number of carboxylic acids is 1. The Morgan fingerprint density at radius 3 is 2.59 bits per heavy atom. The second-order valence-corrected chi connectivity index (χ2v) is 4.75. The summed E-state index contributed by atoms with van der Waals surface area (Å²) in [6, 6.07) is -0.571. The second-order valence-electron chi connectivity index (χ2n) is 4.75. The van der Waals surface area contributed by atoms with Gasteiger partial charge < -0.3 is 10.0 Å². The Labute approximate surface area is 103 Å². The fraction of sp³-hybridized carbons (Fsp3) is 0.846. The minimum absolute atomic E-state index is 0.0198. The Morgan fingerprint density at radius 2 is 1.94 bits per heavy atom. The first kappa shape index (κ1) is 14.0. The molecule has 0 aromatic heterocycles. The molecule has 98 valence electrons. The zero-order valence-corrected chi connectivity index (χ0v) is 10.7. The van der Waals surface area contributed by atoms with E-state index in [4.69, 9.17) is 5.11 Å². The second kappa shape index (κ2) is 7.30. The lowest BCUT2D eigenvalue weighted by Crippen LogP contribution is -2.40. The molecule has 1 amide bonds. The van der Waals surface area contributed by atoms with E-state index >= 15 is 0 Å². The first-order chi connectivity index (χ1) is 8.16. The number of carbonyl (C=O) groups is 2. The number of aliphatic carboxylic acids is 1. The van der Waals surface area contributed by atoms with E-state index in [0.29, 0.717) is 19.4 Å². The number of likely N-dealkylation sites (tertiary alicyclic amines) is 1. The van der Waals surface area contributed by atoms with Crippen molar-refractivity contribution in [3.05, 3.63) is 0 Å². The van der Waals surface area contributed by atoms with Crippen molar-refractivity contribution in [3.63, 3.8) is 0 Å². The molecule has 4 heteroatoms. The van der Waals surface area contributed by atoms with Crippen LogP contribution in [0.15, 0.2) is 0 Å². The molecule has 1 fully saturated rings. The fourth-order valence-electron chi connectivity index (χ4n) is 2.35. The molecule has 1 aliphatic heterocycles. The van der Waals surface area contributed by atoms with Gasteiger partial charge in [-0.05, 0) is 19.3 Å². The Hall–Kier alpha value is -1.06. The van der Waals surface area contributed by atoms with E-state index in [0.717, 1.165) is 19.3 Å². The average Bonchev–Trinajstić information content (AvgIpc) is 2.77. The maximum absolute atomic E-state index is 11.9. The van der Waals surface area contributed by atoms with Crippen LogP contribution in [0.2, 0.25) is 0 Å². The van der Waals surface area contributed by atoms with Crippen molar-refractivity contribution in [2.45, 2.75) is 64.3 Å². The molecule has 1 heterocycles. The monoisotopic (exact) mass is 241 g/mol. The standard InChI is InChI=1S/C13H23NO3/c1-2-3-4-5-6-9-12(15)14-10-7-8-11(14)13(16)17/h11H,2-10H2,1H3,(H,16,17)/t11-/m0/s1. The summed E-state index contributed by atoms with van der Waals surface area (Å²) in [5.41, 5.74) is 0. The number of hydrogen-bond acceptors (Lipinski definition) is 2. The molecule has 0 spiro atoms. The lowest BCUT2D eigenvalue weighted by Gasteiger charge is -2.21. The van der Waals surface area contributed by atoms with Crippen molar-refractivity contribution in [2.75, 3.05) is 6.54 Å². The van der Waals surface area contributed by atoms with Crippen molar-refractivity contribution in [2.24, 2.45) is 0 Å². The van der Waals surface area contributed by atoms with Crippen LogP contribution in [0.25, 0.3) is 0 Å². The molecule has 1 saturated heterocycles. The number of hydrogen-bond donors (Lipinski definition) is 1. The van der Waals surface area contributed by atoms with Gasteiger partial charge in [-0.1, -0.05) is 32.6 Å². The van der Waals surface area contributed by atoms with E-state index < -0.39 is 12.0 Å². The van der Waals surface area contributed by atoms with E-state index in [1.54, 1.807) is 4.90 Å². The fourth-order valence-corrected chi connectivity index (χ4v) is 2.35. The molecule has 1 aliphatic rings. The van der Waals surface area contributed by atoms with Crippen LogP contribution in [-0.4, -0.2) is 34.5 Å². The van der Waals surface area contributed by atoms with Crippen molar-refractivity contribution in [3.8, 4) is 0 Å². The molecule has 0 unspecified atom stereocenters. The smallest absolute Gasteiger partial charge is 0.326 e. The van der Waals surface area contributed by atoms with Crippen LogP contribution in [0.3, 0.4) is 0 Å². The molecule has 0 aromatic rings. The maximum Gasteiger partial charge on any atom is 0.326 e. The van der Waals surface area contributed by atoms with E-state index in [2.05, 4.69) is 6.92 Å².